The SMILES string of the molecule is Cc1ccccc1OCc1cc(CNCC(C)C)co1. The Morgan fingerprint density at radius 2 is 2.05 bits per heavy atom. The first-order chi connectivity index (χ1) is 9.65. The number of rotatable bonds is 7. The van der Waals surface area contributed by atoms with Gasteiger partial charge in [0, 0.05) is 12.1 Å². The quantitative estimate of drug-likeness (QED) is 0.830. The Morgan fingerprint density at radius 1 is 1.25 bits per heavy atom. The molecule has 0 aliphatic rings. The van der Waals surface area contributed by atoms with E-state index >= 15 is 0 Å². The van der Waals surface area contributed by atoms with E-state index in [0.29, 0.717) is 12.5 Å². The first kappa shape index (κ1) is 14.7. The molecule has 20 heavy (non-hydrogen) atoms. The van der Waals surface area contributed by atoms with Gasteiger partial charge >= 0.3 is 0 Å². The molecule has 0 unspecified atom stereocenters. The fourth-order valence-corrected chi connectivity index (χ4v) is 1.97. The maximum absolute atomic E-state index is 5.76. The lowest BCUT2D eigenvalue weighted by Crippen LogP contribution is -2.18. The number of hydrogen-bond donors (Lipinski definition) is 1. The van der Waals surface area contributed by atoms with Crippen molar-refractivity contribution in [2.75, 3.05) is 6.54 Å². The molecule has 0 spiro atoms. The van der Waals surface area contributed by atoms with Gasteiger partial charge in [0.25, 0.3) is 0 Å². The molecular formula is C17H23NO2. The van der Waals surface area contributed by atoms with Crippen molar-refractivity contribution >= 4 is 0 Å². The van der Waals surface area contributed by atoms with Crippen LogP contribution in [0, 0.1) is 12.8 Å². The van der Waals surface area contributed by atoms with Crippen LogP contribution in [-0.4, -0.2) is 6.54 Å². The third-order valence-corrected chi connectivity index (χ3v) is 3.05. The summed E-state index contributed by atoms with van der Waals surface area (Å²) in [7, 11) is 0. The van der Waals surface area contributed by atoms with Gasteiger partial charge < -0.3 is 14.5 Å². The van der Waals surface area contributed by atoms with Gasteiger partial charge in [-0.2, -0.15) is 0 Å². The highest BCUT2D eigenvalue weighted by molar-refractivity contribution is 5.31. The Balaban J connectivity index is 1.82. The second-order valence-corrected chi connectivity index (χ2v) is 5.50. The van der Waals surface area contributed by atoms with Crippen LogP contribution in [0.2, 0.25) is 0 Å². The number of nitrogens with one attached hydrogen (secondary N) is 1. The van der Waals surface area contributed by atoms with Crippen LogP contribution < -0.4 is 10.1 Å². The van der Waals surface area contributed by atoms with E-state index in [1.54, 1.807) is 6.26 Å². The number of ether oxygens (including phenoxy) is 1. The predicted octanol–water partition coefficient (Wildman–Crippen LogP) is 3.91. The summed E-state index contributed by atoms with van der Waals surface area (Å²) in [6, 6.07) is 10.0. The van der Waals surface area contributed by atoms with E-state index in [2.05, 4.69) is 19.2 Å². The first-order valence-corrected chi connectivity index (χ1v) is 7.10. The van der Waals surface area contributed by atoms with Crippen molar-refractivity contribution in [1.29, 1.82) is 0 Å². The minimum atomic E-state index is 0.467. The van der Waals surface area contributed by atoms with Gasteiger partial charge in [0.05, 0.1) is 6.26 Å². The lowest BCUT2D eigenvalue weighted by atomic mass is 10.2. The fraction of sp³-hybridized carbons (Fsp3) is 0.412. The highest BCUT2D eigenvalue weighted by Gasteiger charge is 2.04. The van der Waals surface area contributed by atoms with Gasteiger partial charge in [-0.3, -0.25) is 0 Å². The molecule has 0 aliphatic carbocycles. The lowest BCUT2D eigenvalue weighted by molar-refractivity contribution is 0.268. The highest BCUT2D eigenvalue weighted by atomic mass is 16.5. The summed E-state index contributed by atoms with van der Waals surface area (Å²) in [5, 5.41) is 3.40. The Labute approximate surface area is 121 Å². The van der Waals surface area contributed by atoms with Crippen molar-refractivity contribution in [3.8, 4) is 5.75 Å². The van der Waals surface area contributed by atoms with Crippen molar-refractivity contribution in [2.45, 2.75) is 33.9 Å². The second kappa shape index (κ2) is 7.15. The molecule has 0 radical (unpaired) electrons. The molecule has 2 rings (SSSR count). The normalized spacial score (nSPS) is 11.0. The largest absolute Gasteiger partial charge is 0.485 e. The summed E-state index contributed by atoms with van der Waals surface area (Å²) >= 11 is 0. The van der Waals surface area contributed by atoms with E-state index in [4.69, 9.17) is 9.15 Å². The van der Waals surface area contributed by atoms with Gasteiger partial charge in [-0.05, 0) is 37.1 Å². The Kier molecular flexibility index (Phi) is 5.24. The Hall–Kier alpha value is -1.74. The van der Waals surface area contributed by atoms with E-state index in [1.165, 1.54) is 0 Å². The number of benzene rings is 1. The lowest BCUT2D eigenvalue weighted by Gasteiger charge is -2.06. The average Bonchev–Trinajstić information content (AvgIpc) is 2.85. The van der Waals surface area contributed by atoms with E-state index in [0.717, 1.165) is 35.7 Å². The van der Waals surface area contributed by atoms with Gasteiger partial charge in [0.1, 0.15) is 18.1 Å². The molecule has 0 atom stereocenters. The van der Waals surface area contributed by atoms with Crippen molar-refractivity contribution in [3.63, 3.8) is 0 Å². The van der Waals surface area contributed by atoms with E-state index in [1.807, 2.05) is 37.3 Å². The van der Waals surface area contributed by atoms with E-state index in [-0.39, 0.29) is 0 Å². The van der Waals surface area contributed by atoms with Crippen LogP contribution >= 0.6 is 0 Å². The third-order valence-electron chi connectivity index (χ3n) is 3.05. The molecule has 0 saturated carbocycles. The predicted molar refractivity (Wildman–Crippen MR) is 80.8 cm³/mol. The minimum Gasteiger partial charge on any atom is -0.485 e. The van der Waals surface area contributed by atoms with Crippen LogP contribution in [0.25, 0.3) is 0 Å². The van der Waals surface area contributed by atoms with Crippen LogP contribution in [-0.2, 0) is 13.2 Å². The molecule has 1 N–H and O–H groups in total. The summed E-state index contributed by atoms with van der Waals surface area (Å²) in [5.74, 6) is 2.42. The zero-order valence-corrected chi connectivity index (χ0v) is 12.5. The zero-order valence-electron chi connectivity index (χ0n) is 12.5. The fourth-order valence-electron chi connectivity index (χ4n) is 1.97. The van der Waals surface area contributed by atoms with Crippen LogP contribution in [0.15, 0.2) is 41.0 Å². The number of furan rings is 1. The van der Waals surface area contributed by atoms with Gasteiger partial charge in [0.15, 0.2) is 0 Å². The van der Waals surface area contributed by atoms with Crippen LogP contribution in [0.4, 0.5) is 0 Å². The summed E-state index contributed by atoms with van der Waals surface area (Å²) in [6.07, 6.45) is 1.80. The molecule has 0 saturated heterocycles. The number of hydrogen-bond acceptors (Lipinski definition) is 3. The van der Waals surface area contributed by atoms with Crippen LogP contribution in [0.1, 0.15) is 30.7 Å². The van der Waals surface area contributed by atoms with Gasteiger partial charge in [-0.15, -0.1) is 0 Å². The van der Waals surface area contributed by atoms with Crippen LogP contribution in [0.3, 0.4) is 0 Å². The van der Waals surface area contributed by atoms with Crippen molar-refractivity contribution in [3.05, 3.63) is 53.5 Å². The summed E-state index contributed by atoms with van der Waals surface area (Å²) in [6.45, 7) is 8.76. The molecule has 1 aromatic heterocycles. The first-order valence-electron chi connectivity index (χ1n) is 7.10. The third kappa shape index (κ3) is 4.42. The van der Waals surface area contributed by atoms with Gasteiger partial charge in [0.2, 0.25) is 0 Å². The average molecular weight is 273 g/mol. The minimum absolute atomic E-state index is 0.467. The van der Waals surface area contributed by atoms with E-state index in [9.17, 15) is 0 Å². The Morgan fingerprint density at radius 3 is 2.80 bits per heavy atom. The number of para-hydroxylation sites is 1. The molecule has 108 valence electrons. The topological polar surface area (TPSA) is 34.4 Å². The van der Waals surface area contributed by atoms with E-state index < -0.39 is 0 Å². The molecular weight excluding hydrogens is 250 g/mol. The molecule has 3 heteroatoms. The highest BCUT2D eigenvalue weighted by Crippen LogP contribution is 2.18. The Bertz CT molecular complexity index is 531. The molecule has 0 aliphatic heterocycles. The van der Waals surface area contributed by atoms with Crippen molar-refractivity contribution in [1.82, 2.24) is 5.32 Å². The molecule has 2 aromatic rings. The second-order valence-electron chi connectivity index (χ2n) is 5.50. The van der Waals surface area contributed by atoms with Gasteiger partial charge in [-0.25, -0.2) is 0 Å². The van der Waals surface area contributed by atoms with Crippen LogP contribution in [0.5, 0.6) is 5.75 Å². The molecule has 0 fully saturated rings. The monoisotopic (exact) mass is 273 g/mol. The maximum Gasteiger partial charge on any atom is 0.146 e. The van der Waals surface area contributed by atoms with Crippen molar-refractivity contribution in [2.24, 2.45) is 5.92 Å². The molecule has 1 heterocycles. The molecule has 0 bridgehead atoms. The molecule has 1 aromatic carbocycles. The standard InChI is InChI=1S/C17H23NO2/c1-13(2)9-18-10-15-8-16(19-11-15)12-20-17-7-5-4-6-14(17)3/h4-8,11,13,18H,9-10,12H2,1-3H3. The molecule has 3 nitrogen and oxygen atoms in total. The van der Waals surface area contributed by atoms with Gasteiger partial charge in [-0.1, -0.05) is 32.0 Å². The number of aryl methyl sites for hydroxylation is 1. The maximum atomic E-state index is 5.76. The van der Waals surface area contributed by atoms with Crippen molar-refractivity contribution < 1.29 is 9.15 Å². The summed E-state index contributed by atoms with van der Waals surface area (Å²) < 4.78 is 11.3. The summed E-state index contributed by atoms with van der Waals surface area (Å²) in [5.41, 5.74) is 2.30. The molecule has 0 amide bonds. The zero-order chi connectivity index (χ0) is 14.4. The summed E-state index contributed by atoms with van der Waals surface area (Å²) in [4.78, 5) is 0. The smallest absolute Gasteiger partial charge is 0.146 e.